The van der Waals surface area contributed by atoms with Crippen LogP contribution in [-0.4, -0.2) is 30.0 Å². The molecule has 0 radical (unpaired) electrons. The van der Waals surface area contributed by atoms with E-state index < -0.39 is 0 Å². The number of piperidine rings is 1. The summed E-state index contributed by atoms with van der Waals surface area (Å²) in [5.74, 6) is -0.169. The van der Waals surface area contributed by atoms with E-state index >= 15 is 0 Å². The highest BCUT2D eigenvalue weighted by atomic mass is 16.2. The molecule has 3 N–H and O–H groups in total. The molecule has 1 aliphatic heterocycles. The lowest BCUT2D eigenvalue weighted by Crippen LogP contribution is -2.42. The van der Waals surface area contributed by atoms with Gasteiger partial charge in [-0.25, -0.2) is 0 Å². The van der Waals surface area contributed by atoms with Crippen LogP contribution in [0.4, 0.5) is 0 Å². The summed E-state index contributed by atoms with van der Waals surface area (Å²) in [7, 11) is 0. The minimum absolute atomic E-state index is 0.169. The Labute approximate surface area is 93.3 Å². The zero-order valence-electron chi connectivity index (χ0n) is 8.95. The van der Waals surface area contributed by atoms with E-state index in [4.69, 9.17) is 0 Å². The van der Waals surface area contributed by atoms with E-state index in [1.54, 1.807) is 6.07 Å². The molecule has 86 valence electrons. The lowest BCUT2D eigenvalue weighted by atomic mass is 10.1. The highest BCUT2D eigenvalue weighted by Gasteiger charge is 2.16. The van der Waals surface area contributed by atoms with Gasteiger partial charge in [-0.1, -0.05) is 0 Å². The number of aromatic nitrogens is 1. The number of rotatable bonds is 2. The van der Waals surface area contributed by atoms with Crippen LogP contribution in [0, 0.1) is 0 Å². The first kappa shape index (κ1) is 10.9. The van der Waals surface area contributed by atoms with Gasteiger partial charge in [-0.3, -0.25) is 9.59 Å². The van der Waals surface area contributed by atoms with E-state index in [2.05, 4.69) is 15.6 Å². The molecular formula is C11H15N3O2. The average Bonchev–Trinajstić information content (AvgIpc) is 2.30. The van der Waals surface area contributed by atoms with Gasteiger partial charge in [-0.2, -0.15) is 0 Å². The fraction of sp³-hybridized carbons (Fsp3) is 0.455. The van der Waals surface area contributed by atoms with Crippen LogP contribution >= 0.6 is 0 Å². The first-order chi connectivity index (χ1) is 7.75. The fourth-order valence-corrected chi connectivity index (χ4v) is 1.82. The third-order valence-electron chi connectivity index (χ3n) is 2.71. The molecule has 1 aromatic heterocycles. The molecule has 0 aliphatic carbocycles. The molecule has 1 aliphatic rings. The molecule has 2 heterocycles. The first-order valence-corrected chi connectivity index (χ1v) is 5.46. The summed E-state index contributed by atoms with van der Waals surface area (Å²) in [4.78, 5) is 25.3. The van der Waals surface area contributed by atoms with Gasteiger partial charge in [0.1, 0.15) is 0 Å². The van der Waals surface area contributed by atoms with Gasteiger partial charge < -0.3 is 15.6 Å². The molecule has 0 unspecified atom stereocenters. The van der Waals surface area contributed by atoms with E-state index in [-0.39, 0.29) is 17.5 Å². The minimum atomic E-state index is -0.252. The molecular weight excluding hydrogens is 206 g/mol. The van der Waals surface area contributed by atoms with Gasteiger partial charge in [0.05, 0.1) is 0 Å². The summed E-state index contributed by atoms with van der Waals surface area (Å²) in [6.45, 7) is 1.86. The van der Waals surface area contributed by atoms with E-state index in [0.29, 0.717) is 5.56 Å². The Balaban J connectivity index is 1.99. The summed E-state index contributed by atoms with van der Waals surface area (Å²) in [6.07, 6.45) is 3.36. The van der Waals surface area contributed by atoms with Crippen molar-refractivity contribution in [2.24, 2.45) is 0 Å². The number of aromatic amines is 1. The lowest BCUT2D eigenvalue weighted by Gasteiger charge is -2.23. The molecule has 0 atom stereocenters. The van der Waals surface area contributed by atoms with Gasteiger partial charge in [0.15, 0.2) is 0 Å². The van der Waals surface area contributed by atoms with Crippen molar-refractivity contribution in [3.05, 3.63) is 34.2 Å². The molecule has 5 heteroatoms. The van der Waals surface area contributed by atoms with Crippen LogP contribution in [0.2, 0.25) is 0 Å². The Morgan fingerprint density at radius 3 is 2.81 bits per heavy atom. The van der Waals surface area contributed by atoms with Crippen molar-refractivity contribution in [3.63, 3.8) is 0 Å². The van der Waals surface area contributed by atoms with Crippen molar-refractivity contribution in [3.8, 4) is 0 Å². The predicted octanol–water partition coefficient (Wildman–Crippen LogP) is -0.143. The van der Waals surface area contributed by atoms with Gasteiger partial charge in [0, 0.05) is 23.9 Å². The molecule has 1 amide bonds. The molecule has 0 aromatic carbocycles. The largest absolute Gasteiger partial charge is 0.349 e. The van der Waals surface area contributed by atoms with E-state index in [0.717, 1.165) is 25.9 Å². The molecule has 16 heavy (non-hydrogen) atoms. The monoisotopic (exact) mass is 221 g/mol. The minimum Gasteiger partial charge on any atom is -0.349 e. The van der Waals surface area contributed by atoms with Crippen LogP contribution in [-0.2, 0) is 0 Å². The number of amides is 1. The van der Waals surface area contributed by atoms with E-state index in [1.807, 2.05) is 0 Å². The number of pyridine rings is 1. The van der Waals surface area contributed by atoms with Gasteiger partial charge in [-0.15, -0.1) is 0 Å². The first-order valence-electron chi connectivity index (χ1n) is 5.46. The summed E-state index contributed by atoms with van der Waals surface area (Å²) < 4.78 is 0. The third-order valence-corrected chi connectivity index (χ3v) is 2.71. The van der Waals surface area contributed by atoms with Crippen molar-refractivity contribution in [1.82, 2.24) is 15.6 Å². The Bertz CT molecular complexity index is 421. The molecule has 2 rings (SSSR count). The SMILES string of the molecule is O=C(NC1CCNCC1)c1cc[nH]c(=O)c1. The molecule has 5 nitrogen and oxygen atoms in total. The van der Waals surface area contributed by atoms with Crippen LogP contribution in [0.25, 0.3) is 0 Å². The Hall–Kier alpha value is -1.62. The zero-order chi connectivity index (χ0) is 11.4. The van der Waals surface area contributed by atoms with Crippen LogP contribution < -0.4 is 16.2 Å². The highest BCUT2D eigenvalue weighted by molar-refractivity contribution is 5.94. The van der Waals surface area contributed by atoms with Gasteiger partial charge in [0.25, 0.3) is 5.91 Å². The Kier molecular flexibility index (Phi) is 3.36. The maximum atomic E-state index is 11.8. The van der Waals surface area contributed by atoms with E-state index in [9.17, 15) is 9.59 Å². The van der Waals surface area contributed by atoms with Gasteiger partial charge in [0.2, 0.25) is 5.56 Å². The van der Waals surface area contributed by atoms with Crippen molar-refractivity contribution in [2.45, 2.75) is 18.9 Å². The molecule has 1 saturated heterocycles. The fourth-order valence-electron chi connectivity index (χ4n) is 1.82. The molecule has 1 fully saturated rings. The zero-order valence-corrected chi connectivity index (χ0v) is 8.95. The smallest absolute Gasteiger partial charge is 0.251 e. The number of H-pyrrole nitrogens is 1. The van der Waals surface area contributed by atoms with Crippen molar-refractivity contribution >= 4 is 5.91 Å². The predicted molar refractivity (Wildman–Crippen MR) is 60.4 cm³/mol. The summed E-state index contributed by atoms with van der Waals surface area (Å²) >= 11 is 0. The maximum Gasteiger partial charge on any atom is 0.251 e. The molecule has 0 bridgehead atoms. The summed E-state index contributed by atoms with van der Waals surface area (Å²) in [6, 6.07) is 3.14. The van der Waals surface area contributed by atoms with Crippen molar-refractivity contribution < 1.29 is 4.79 Å². The topological polar surface area (TPSA) is 74.0 Å². The molecule has 0 spiro atoms. The quantitative estimate of drug-likeness (QED) is 0.650. The second kappa shape index (κ2) is 4.94. The van der Waals surface area contributed by atoms with Crippen LogP contribution in [0.15, 0.2) is 23.1 Å². The van der Waals surface area contributed by atoms with Crippen LogP contribution in [0.3, 0.4) is 0 Å². The Morgan fingerprint density at radius 2 is 2.12 bits per heavy atom. The maximum absolute atomic E-state index is 11.8. The standard InChI is InChI=1S/C11H15N3O2/c15-10-7-8(1-6-13-10)11(16)14-9-2-4-12-5-3-9/h1,6-7,9,12H,2-5H2,(H,13,15)(H,14,16). The van der Waals surface area contributed by atoms with Crippen molar-refractivity contribution in [2.75, 3.05) is 13.1 Å². The number of nitrogens with one attached hydrogen (secondary N) is 3. The number of carbonyl (C=O) groups excluding carboxylic acids is 1. The normalized spacial score (nSPS) is 17.0. The summed E-state index contributed by atoms with van der Waals surface area (Å²) in [5.41, 5.74) is 0.167. The van der Waals surface area contributed by atoms with Crippen LogP contribution in [0.1, 0.15) is 23.2 Å². The second-order valence-corrected chi connectivity index (χ2v) is 3.94. The second-order valence-electron chi connectivity index (χ2n) is 3.94. The molecule has 1 aromatic rings. The van der Waals surface area contributed by atoms with Crippen molar-refractivity contribution in [1.29, 1.82) is 0 Å². The summed E-state index contributed by atoms with van der Waals surface area (Å²) in [5, 5.41) is 6.16. The van der Waals surface area contributed by atoms with Gasteiger partial charge in [-0.05, 0) is 32.0 Å². The van der Waals surface area contributed by atoms with Crippen LogP contribution in [0.5, 0.6) is 0 Å². The van der Waals surface area contributed by atoms with E-state index in [1.165, 1.54) is 12.3 Å². The molecule has 0 saturated carbocycles. The Morgan fingerprint density at radius 1 is 1.38 bits per heavy atom. The third kappa shape index (κ3) is 2.70. The average molecular weight is 221 g/mol. The lowest BCUT2D eigenvalue weighted by molar-refractivity contribution is 0.0929. The number of hydrogen-bond donors (Lipinski definition) is 3. The van der Waals surface area contributed by atoms with Gasteiger partial charge >= 0.3 is 0 Å². The number of hydrogen-bond acceptors (Lipinski definition) is 3. The number of carbonyl (C=O) groups is 1. The highest BCUT2D eigenvalue weighted by Crippen LogP contribution is 2.03.